The van der Waals surface area contributed by atoms with E-state index in [1.54, 1.807) is 6.92 Å². The zero-order chi connectivity index (χ0) is 12.7. The molecule has 0 aromatic heterocycles. The van der Waals surface area contributed by atoms with Crippen molar-refractivity contribution in [1.29, 1.82) is 0 Å². The van der Waals surface area contributed by atoms with Gasteiger partial charge in [-0.2, -0.15) is 0 Å². The molecule has 0 radical (unpaired) electrons. The van der Waals surface area contributed by atoms with Crippen molar-refractivity contribution in [3.8, 4) is 0 Å². The van der Waals surface area contributed by atoms with Gasteiger partial charge in [-0.25, -0.2) is 8.42 Å². The van der Waals surface area contributed by atoms with E-state index >= 15 is 0 Å². The minimum atomic E-state index is -2.83. The van der Waals surface area contributed by atoms with E-state index in [0.717, 1.165) is 38.9 Å². The first-order chi connectivity index (χ1) is 8.09. The van der Waals surface area contributed by atoms with Gasteiger partial charge in [-0.1, -0.05) is 13.8 Å². The Bertz CT molecular complexity index is 298. The van der Waals surface area contributed by atoms with Crippen molar-refractivity contribution in [2.75, 3.05) is 37.7 Å². The summed E-state index contributed by atoms with van der Waals surface area (Å²) in [5, 5.41) is 3.35. The van der Waals surface area contributed by atoms with Crippen molar-refractivity contribution < 1.29 is 8.42 Å². The topological polar surface area (TPSA) is 49.4 Å². The Kier molecular flexibility index (Phi) is 6.44. The largest absolute Gasteiger partial charge is 0.317 e. The monoisotopic (exact) mass is 262 g/mol. The van der Waals surface area contributed by atoms with Gasteiger partial charge in [0.2, 0.25) is 0 Å². The van der Waals surface area contributed by atoms with Crippen LogP contribution in [0.4, 0.5) is 0 Å². The molecule has 0 aliphatic carbocycles. The standard InChI is InChI=1S/C12H26N2O2S/c1-3-9-14(10-11-17(15,16)4-2)12-5-7-13-8-6-12/h12-13H,3-11H2,1-2H3. The molecule has 1 aliphatic rings. The van der Waals surface area contributed by atoms with Crippen molar-refractivity contribution in [2.45, 2.75) is 39.2 Å². The van der Waals surface area contributed by atoms with Gasteiger partial charge in [-0.15, -0.1) is 0 Å². The highest BCUT2D eigenvalue weighted by Gasteiger charge is 2.21. The minimum Gasteiger partial charge on any atom is -0.317 e. The second-order valence-corrected chi connectivity index (χ2v) is 7.23. The molecular weight excluding hydrogens is 236 g/mol. The van der Waals surface area contributed by atoms with Crippen LogP contribution in [0.5, 0.6) is 0 Å². The zero-order valence-electron chi connectivity index (χ0n) is 11.1. The fraction of sp³-hybridized carbons (Fsp3) is 1.00. The molecule has 0 aromatic rings. The fourth-order valence-electron chi connectivity index (χ4n) is 2.34. The van der Waals surface area contributed by atoms with E-state index in [-0.39, 0.29) is 5.75 Å². The van der Waals surface area contributed by atoms with Crippen molar-refractivity contribution in [2.24, 2.45) is 0 Å². The summed E-state index contributed by atoms with van der Waals surface area (Å²) in [6, 6.07) is 0.572. The van der Waals surface area contributed by atoms with Crippen molar-refractivity contribution in [3.63, 3.8) is 0 Å². The molecule has 0 saturated carbocycles. The number of piperidine rings is 1. The summed E-state index contributed by atoms with van der Waals surface area (Å²) in [5.74, 6) is 0.576. The van der Waals surface area contributed by atoms with E-state index in [1.165, 1.54) is 0 Å². The van der Waals surface area contributed by atoms with Gasteiger partial charge in [0.1, 0.15) is 0 Å². The molecule has 5 heteroatoms. The molecule has 0 unspecified atom stereocenters. The highest BCUT2D eigenvalue weighted by Crippen LogP contribution is 2.12. The second kappa shape index (κ2) is 7.34. The van der Waals surface area contributed by atoms with Crippen LogP contribution >= 0.6 is 0 Å². The molecule has 1 heterocycles. The quantitative estimate of drug-likeness (QED) is 0.740. The van der Waals surface area contributed by atoms with E-state index in [0.29, 0.717) is 18.3 Å². The third-order valence-corrected chi connectivity index (χ3v) is 5.15. The van der Waals surface area contributed by atoms with Gasteiger partial charge in [0, 0.05) is 18.3 Å². The lowest BCUT2D eigenvalue weighted by atomic mass is 10.0. The molecule has 0 aromatic carbocycles. The Morgan fingerprint density at radius 3 is 2.35 bits per heavy atom. The van der Waals surface area contributed by atoms with Crippen LogP contribution < -0.4 is 5.32 Å². The van der Waals surface area contributed by atoms with Crippen molar-refractivity contribution in [3.05, 3.63) is 0 Å². The van der Waals surface area contributed by atoms with Crippen LogP contribution in [0.1, 0.15) is 33.1 Å². The first kappa shape index (κ1) is 14.9. The SMILES string of the molecule is CCCN(CCS(=O)(=O)CC)C1CCNCC1. The average molecular weight is 262 g/mol. The van der Waals surface area contributed by atoms with Gasteiger partial charge in [0.15, 0.2) is 9.84 Å². The zero-order valence-corrected chi connectivity index (χ0v) is 11.9. The minimum absolute atomic E-state index is 0.263. The highest BCUT2D eigenvalue weighted by atomic mass is 32.2. The molecule has 1 rings (SSSR count). The Hall–Kier alpha value is -0.130. The van der Waals surface area contributed by atoms with E-state index < -0.39 is 9.84 Å². The van der Waals surface area contributed by atoms with Crippen molar-refractivity contribution >= 4 is 9.84 Å². The number of rotatable bonds is 7. The fourth-order valence-corrected chi connectivity index (χ4v) is 3.14. The molecule has 4 nitrogen and oxygen atoms in total. The summed E-state index contributed by atoms with van der Waals surface area (Å²) in [6.07, 6.45) is 3.38. The summed E-state index contributed by atoms with van der Waals surface area (Å²) >= 11 is 0. The van der Waals surface area contributed by atoms with Crippen LogP contribution in [-0.2, 0) is 9.84 Å². The molecule has 1 fully saturated rings. The lowest BCUT2D eigenvalue weighted by molar-refractivity contribution is 0.171. The summed E-state index contributed by atoms with van der Waals surface area (Å²) in [5.41, 5.74) is 0. The molecule has 17 heavy (non-hydrogen) atoms. The number of hydrogen-bond donors (Lipinski definition) is 1. The Morgan fingerprint density at radius 1 is 1.18 bits per heavy atom. The van der Waals surface area contributed by atoms with Crippen molar-refractivity contribution in [1.82, 2.24) is 10.2 Å². The predicted molar refractivity (Wildman–Crippen MR) is 72.1 cm³/mol. The first-order valence-corrected chi connectivity index (χ1v) is 8.56. The molecular formula is C12H26N2O2S. The van der Waals surface area contributed by atoms with E-state index in [1.807, 2.05) is 0 Å². The number of nitrogens with one attached hydrogen (secondary N) is 1. The Labute approximate surface area is 106 Å². The van der Waals surface area contributed by atoms with Crippen LogP contribution in [0.25, 0.3) is 0 Å². The van der Waals surface area contributed by atoms with Crippen LogP contribution in [0.3, 0.4) is 0 Å². The number of nitrogens with zero attached hydrogens (tertiary/aromatic N) is 1. The lowest BCUT2D eigenvalue weighted by Crippen LogP contribution is -2.45. The summed E-state index contributed by atoms with van der Waals surface area (Å²) in [6.45, 7) is 7.72. The maximum absolute atomic E-state index is 11.6. The molecule has 0 spiro atoms. The molecule has 1 N–H and O–H groups in total. The van der Waals surface area contributed by atoms with Crippen LogP contribution in [0.2, 0.25) is 0 Å². The number of sulfone groups is 1. The molecule has 0 bridgehead atoms. The lowest BCUT2D eigenvalue weighted by Gasteiger charge is -2.34. The molecule has 0 atom stereocenters. The molecule has 1 saturated heterocycles. The van der Waals surface area contributed by atoms with Gasteiger partial charge >= 0.3 is 0 Å². The first-order valence-electron chi connectivity index (χ1n) is 6.74. The molecule has 1 aliphatic heterocycles. The van der Waals surface area contributed by atoms with E-state index in [2.05, 4.69) is 17.1 Å². The maximum atomic E-state index is 11.6. The summed E-state index contributed by atoms with van der Waals surface area (Å²) in [4.78, 5) is 2.37. The average Bonchev–Trinajstić information content (AvgIpc) is 2.35. The third kappa shape index (κ3) is 5.36. The Balaban J connectivity index is 2.47. The summed E-state index contributed by atoms with van der Waals surface area (Å²) in [7, 11) is -2.83. The second-order valence-electron chi connectivity index (χ2n) is 4.75. The van der Waals surface area contributed by atoms with Crippen LogP contribution in [0.15, 0.2) is 0 Å². The highest BCUT2D eigenvalue weighted by molar-refractivity contribution is 7.91. The predicted octanol–water partition coefficient (Wildman–Crippen LogP) is 0.885. The number of hydrogen-bond acceptors (Lipinski definition) is 4. The van der Waals surface area contributed by atoms with E-state index in [9.17, 15) is 8.42 Å². The van der Waals surface area contributed by atoms with Gasteiger partial charge in [-0.05, 0) is 38.9 Å². The van der Waals surface area contributed by atoms with Crippen LogP contribution in [0, 0.1) is 0 Å². The molecule has 0 amide bonds. The summed E-state index contributed by atoms with van der Waals surface area (Å²) < 4.78 is 23.1. The Morgan fingerprint density at radius 2 is 1.82 bits per heavy atom. The normalized spacial score (nSPS) is 18.8. The van der Waals surface area contributed by atoms with E-state index in [4.69, 9.17) is 0 Å². The smallest absolute Gasteiger partial charge is 0.151 e. The van der Waals surface area contributed by atoms with Gasteiger partial charge in [0.25, 0.3) is 0 Å². The van der Waals surface area contributed by atoms with Gasteiger partial charge in [-0.3, -0.25) is 4.90 Å². The van der Waals surface area contributed by atoms with Gasteiger partial charge in [0.05, 0.1) is 5.75 Å². The van der Waals surface area contributed by atoms with Gasteiger partial charge < -0.3 is 5.32 Å². The third-order valence-electron chi connectivity index (χ3n) is 3.47. The maximum Gasteiger partial charge on any atom is 0.151 e. The van der Waals surface area contributed by atoms with Crippen LogP contribution in [-0.4, -0.2) is 57.0 Å². The molecule has 102 valence electrons.